The molecule has 0 saturated heterocycles. The molecule has 5 rings (SSSR count). The van der Waals surface area contributed by atoms with Crippen LogP contribution in [0.15, 0.2) is 50.4 Å². The maximum atomic E-state index is 13.1. The molecule has 3 heterocycles. The molecule has 0 aliphatic carbocycles. The van der Waals surface area contributed by atoms with Gasteiger partial charge in [0.25, 0.3) is 5.56 Å². The highest BCUT2D eigenvalue weighted by Crippen LogP contribution is 2.40. The zero-order chi connectivity index (χ0) is 21.9. The fourth-order valence-electron chi connectivity index (χ4n) is 4.03. The number of nitrogens with one attached hydrogen (secondary N) is 2. The minimum absolute atomic E-state index is 0.0120. The summed E-state index contributed by atoms with van der Waals surface area (Å²) < 4.78 is 18.8. The van der Waals surface area contributed by atoms with Crippen molar-refractivity contribution in [1.82, 2.24) is 14.8 Å². The normalized spacial score (nSPS) is 11.8. The van der Waals surface area contributed by atoms with Crippen LogP contribution in [0.5, 0.6) is 11.5 Å². The van der Waals surface area contributed by atoms with Crippen LogP contribution in [-0.2, 0) is 0 Å². The average molecular weight is 419 g/mol. The van der Waals surface area contributed by atoms with E-state index in [1.54, 1.807) is 31.0 Å². The number of aromatic amines is 2. The van der Waals surface area contributed by atoms with Crippen LogP contribution in [0.3, 0.4) is 0 Å². The van der Waals surface area contributed by atoms with Gasteiger partial charge in [-0.05, 0) is 43.7 Å². The number of furan rings is 1. The predicted octanol–water partition coefficient (Wildman–Crippen LogP) is 4.18. The average Bonchev–Trinajstić information content (AvgIpc) is 3.28. The van der Waals surface area contributed by atoms with Gasteiger partial charge < -0.3 is 18.9 Å². The maximum Gasteiger partial charge on any atom is 0.274 e. The van der Waals surface area contributed by atoms with Gasteiger partial charge in [0.2, 0.25) is 0 Å². The Labute approximate surface area is 176 Å². The summed E-state index contributed by atoms with van der Waals surface area (Å²) in [4.78, 5) is 28.3. The summed E-state index contributed by atoms with van der Waals surface area (Å²) in [6.07, 6.45) is 0. The van der Waals surface area contributed by atoms with Crippen LogP contribution in [0.2, 0.25) is 0 Å². The molecular formula is C23H21N3O5. The lowest BCUT2D eigenvalue weighted by Gasteiger charge is -2.12. The largest absolute Gasteiger partial charge is 0.497 e. The van der Waals surface area contributed by atoms with E-state index in [1.807, 2.05) is 26.0 Å². The number of hydrogen-bond acceptors (Lipinski definition) is 5. The molecule has 0 radical (unpaired) electrons. The summed E-state index contributed by atoms with van der Waals surface area (Å²) in [6, 6.07) is 10.1. The van der Waals surface area contributed by atoms with Crippen molar-refractivity contribution >= 4 is 33.1 Å². The molecule has 158 valence electrons. The highest BCUT2D eigenvalue weighted by Gasteiger charge is 2.23. The van der Waals surface area contributed by atoms with Gasteiger partial charge in [-0.1, -0.05) is 0 Å². The number of aromatic nitrogens is 3. The molecule has 0 saturated carbocycles. The standard InChI is InChI=1S/C23H21N3O5/c1-11(2)26-22-19(23(28)25-26)18(12-7-14(29-3)10-15(8-12)30-4)21-20(24-22)16-6-5-13(27)9-17(16)31-21/h5-11,24H,1-4H3,(H,25,28). The van der Waals surface area contributed by atoms with E-state index in [9.17, 15) is 9.59 Å². The van der Waals surface area contributed by atoms with Crippen LogP contribution in [0.4, 0.5) is 0 Å². The molecule has 0 unspecified atom stereocenters. The van der Waals surface area contributed by atoms with Crippen molar-refractivity contribution in [2.24, 2.45) is 0 Å². The number of fused-ring (bicyclic) bond motifs is 4. The Bertz CT molecular complexity index is 1560. The monoisotopic (exact) mass is 419 g/mol. The molecule has 2 aromatic carbocycles. The second-order valence-corrected chi connectivity index (χ2v) is 7.69. The molecule has 3 aromatic heterocycles. The molecule has 0 amide bonds. The molecule has 8 nitrogen and oxygen atoms in total. The molecule has 8 heteroatoms. The second-order valence-electron chi connectivity index (χ2n) is 7.69. The van der Waals surface area contributed by atoms with Crippen molar-refractivity contribution in [2.75, 3.05) is 14.2 Å². The number of rotatable bonds is 4. The third kappa shape index (κ3) is 2.83. The van der Waals surface area contributed by atoms with Crippen molar-refractivity contribution in [3.8, 4) is 22.6 Å². The third-order valence-electron chi connectivity index (χ3n) is 5.47. The van der Waals surface area contributed by atoms with Crippen molar-refractivity contribution < 1.29 is 13.9 Å². The van der Waals surface area contributed by atoms with E-state index in [4.69, 9.17) is 13.9 Å². The molecule has 0 aliphatic rings. The fraction of sp³-hybridized carbons (Fsp3) is 0.217. The highest BCUT2D eigenvalue weighted by atomic mass is 16.5. The van der Waals surface area contributed by atoms with E-state index in [2.05, 4.69) is 10.1 Å². The van der Waals surface area contributed by atoms with Crippen molar-refractivity contribution in [1.29, 1.82) is 0 Å². The molecular weight excluding hydrogens is 398 g/mol. The molecule has 0 atom stereocenters. The van der Waals surface area contributed by atoms with Crippen LogP contribution < -0.4 is 20.5 Å². The SMILES string of the molecule is COc1cc(OC)cc(-c2c3oc4cc(=O)ccc4c3[nH]c3c2c(=O)[nH]n3C(C)C)c1. The number of ether oxygens (including phenoxy) is 2. The van der Waals surface area contributed by atoms with Crippen LogP contribution in [0.25, 0.3) is 44.2 Å². The first-order valence-electron chi connectivity index (χ1n) is 9.87. The number of hydrogen-bond donors (Lipinski definition) is 2. The van der Waals surface area contributed by atoms with Crippen molar-refractivity contribution in [3.63, 3.8) is 0 Å². The summed E-state index contributed by atoms with van der Waals surface area (Å²) in [5, 5.41) is 4.13. The summed E-state index contributed by atoms with van der Waals surface area (Å²) >= 11 is 0. The fourth-order valence-corrected chi connectivity index (χ4v) is 4.03. The molecule has 0 fully saturated rings. The van der Waals surface area contributed by atoms with Crippen LogP contribution >= 0.6 is 0 Å². The Hall–Kier alpha value is -3.94. The Morgan fingerprint density at radius 2 is 1.71 bits per heavy atom. The Morgan fingerprint density at radius 3 is 2.35 bits per heavy atom. The molecule has 0 bridgehead atoms. The molecule has 0 aliphatic heterocycles. The third-order valence-corrected chi connectivity index (χ3v) is 5.47. The number of nitrogens with zero attached hydrogens (tertiary/aromatic N) is 1. The maximum absolute atomic E-state index is 13.1. The number of benzene rings is 2. The summed E-state index contributed by atoms with van der Waals surface area (Å²) in [7, 11) is 3.14. The van der Waals surface area contributed by atoms with Crippen LogP contribution in [0.1, 0.15) is 19.9 Å². The molecule has 0 spiro atoms. The van der Waals surface area contributed by atoms with E-state index in [1.165, 1.54) is 12.1 Å². The minimum Gasteiger partial charge on any atom is -0.497 e. The first-order chi connectivity index (χ1) is 14.9. The minimum atomic E-state index is -0.247. The van der Waals surface area contributed by atoms with Crippen molar-refractivity contribution in [3.05, 3.63) is 57.0 Å². The Morgan fingerprint density at radius 1 is 1.00 bits per heavy atom. The van der Waals surface area contributed by atoms with E-state index in [0.717, 1.165) is 5.39 Å². The molecule has 31 heavy (non-hydrogen) atoms. The predicted molar refractivity (Wildman–Crippen MR) is 119 cm³/mol. The van der Waals surface area contributed by atoms with Gasteiger partial charge in [0.05, 0.1) is 25.1 Å². The van der Waals surface area contributed by atoms with E-state index >= 15 is 0 Å². The lowest BCUT2D eigenvalue weighted by Crippen LogP contribution is -2.07. The number of H-pyrrole nitrogens is 2. The quantitative estimate of drug-likeness (QED) is 0.455. The molecule has 5 aromatic rings. The first kappa shape index (κ1) is 19.0. The van der Waals surface area contributed by atoms with Gasteiger partial charge in [-0.15, -0.1) is 0 Å². The van der Waals surface area contributed by atoms with Crippen molar-refractivity contribution in [2.45, 2.75) is 19.9 Å². The van der Waals surface area contributed by atoms with E-state index in [0.29, 0.717) is 50.3 Å². The highest BCUT2D eigenvalue weighted by molar-refractivity contribution is 6.14. The smallest absolute Gasteiger partial charge is 0.274 e. The first-order valence-corrected chi connectivity index (χ1v) is 9.87. The lowest BCUT2D eigenvalue weighted by atomic mass is 10.0. The van der Waals surface area contributed by atoms with Crippen LogP contribution in [0, 0.1) is 0 Å². The van der Waals surface area contributed by atoms with Gasteiger partial charge in [0, 0.05) is 29.1 Å². The van der Waals surface area contributed by atoms with Gasteiger partial charge in [0.1, 0.15) is 22.7 Å². The zero-order valence-electron chi connectivity index (χ0n) is 17.5. The van der Waals surface area contributed by atoms with Gasteiger partial charge in [-0.3, -0.25) is 19.4 Å². The topological polar surface area (TPSA) is 102 Å². The molecule has 2 N–H and O–H groups in total. The lowest BCUT2D eigenvalue weighted by molar-refractivity contribution is 0.394. The second kappa shape index (κ2) is 6.80. The Balaban J connectivity index is 2.03. The van der Waals surface area contributed by atoms with Gasteiger partial charge in [-0.25, -0.2) is 0 Å². The summed E-state index contributed by atoms with van der Waals surface area (Å²) in [6.45, 7) is 3.97. The van der Waals surface area contributed by atoms with Gasteiger partial charge >= 0.3 is 0 Å². The summed E-state index contributed by atoms with van der Waals surface area (Å²) in [5.74, 6) is 1.17. The number of pyridine rings is 1. The van der Waals surface area contributed by atoms with Gasteiger partial charge in [-0.2, -0.15) is 0 Å². The zero-order valence-corrected chi connectivity index (χ0v) is 17.5. The van der Waals surface area contributed by atoms with E-state index in [-0.39, 0.29) is 17.0 Å². The number of methoxy groups -OCH3 is 2. The van der Waals surface area contributed by atoms with E-state index < -0.39 is 0 Å². The van der Waals surface area contributed by atoms with Gasteiger partial charge in [0.15, 0.2) is 11.0 Å². The Kier molecular flexibility index (Phi) is 4.18. The summed E-state index contributed by atoms with van der Waals surface area (Å²) in [5.41, 5.74) is 3.18. The van der Waals surface area contributed by atoms with Crippen LogP contribution in [-0.4, -0.2) is 29.0 Å².